The Bertz CT molecular complexity index is 677. The van der Waals surface area contributed by atoms with Gasteiger partial charge in [-0.05, 0) is 18.9 Å². The highest BCUT2D eigenvalue weighted by atomic mass is 16.6. The van der Waals surface area contributed by atoms with Crippen LogP contribution < -0.4 is 0 Å². The number of rotatable bonds is 4. The summed E-state index contributed by atoms with van der Waals surface area (Å²) in [5.74, 6) is 0.296. The Morgan fingerprint density at radius 2 is 2.09 bits per heavy atom. The van der Waals surface area contributed by atoms with Gasteiger partial charge in [0.05, 0.1) is 22.9 Å². The molecule has 0 atom stereocenters. The SMILES string of the molecule is O=[N+]([O-])c1cccc(-n2nnc(CO)c2C2CCCCC2)c1. The summed E-state index contributed by atoms with van der Waals surface area (Å²) in [4.78, 5) is 10.5. The van der Waals surface area contributed by atoms with Gasteiger partial charge in [0.25, 0.3) is 5.69 Å². The van der Waals surface area contributed by atoms with Crippen molar-refractivity contribution in [2.45, 2.75) is 44.6 Å². The zero-order valence-corrected chi connectivity index (χ0v) is 12.2. The number of aliphatic hydroxyl groups is 1. The molecule has 116 valence electrons. The lowest BCUT2D eigenvalue weighted by molar-refractivity contribution is -0.384. The van der Waals surface area contributed by atoms with E-state index < -0.39 is 4.92 Å². The second kappa shape index (κ2) is 6.23. The Hall–Kier alpha value is -2.28. The first-order valence-electron chi connectivity index (χ1n) is 7.51. The Kier molecular flexibility index (Phi) is 4.15. The van der Waals surface area contributed by atoms with Crippen LogP contribution in [0.2, 0.25) is 0 Å². The highest BCUT2D eigenvalue weighted by Gasteiger charge is 2.25. The Balaban J connectivity index is 2.05. The number of benzene rings is 1. The van der Waals surface area contributed by atoms with Gasteiger partial charge in [-0.15, -0.1) is 5.10 Å². The average molecular weight is 302 g/mol. The molecule has 0 saturated heterocycles. The van der Waals surface area contributed by atoms with Gasteiger partial charge in [-0.2, -0.15) is 0 Å². The van der Waals surface area contributed by atoms with Gasteiger partial charge in [0.15, 0.2) is 0 Å². The minimum Gasteiger partial charge on any atom is -0.390 e. The number of nitro benzene ring substituents is 1. The summed E-state index contributed by atoms with van der Waals surface area (Å²) in [5.41, 5.74) is 2.09. The van der Waals surface area contributed by atoms with Gasteiger partial charge in [0, 0.05) is 18.1 Å². The quantitative estimate of drug-likeness (QED) is 0.692. The molecule has 1 N–H and O–H groups in total. The fraction of sp³-hybridized carbons (Fsp3) is 0.467. The fourth-order valence-electron chi connectivity index (χ4n) is 3.15. The average Bonchev–Trinajstić information content (AvgIpc) is 2.99. The Morgan fingerprint density at radius 3 is 2.77 bits per heavy atom. The van der Waals surface area contributed by atoms with Crippen molar-refractivity contribution in [3.63, 3.8) is 0 Å². The lowest BCUT2D eigenvalue weighted by Crippen LogP contribution is -2.13. The first-order valence-corrected chi connectivity index (χ1v) is 7.51. The van der Waals surface area contributed by atoms with Crippen molar-refractivity contribution in [1.29, 1.82) is 0 Å². The largest absolute Gasteiger partial charge is 0.390 e. The van der Waals surface area contributed by atoms with E-state index in [0.717, 1.165) is 31.4 Å². The monoisotopic (exact) mass is 302 g/mol. The van der Waals surface area contributed by atoms with Crippen LogP contribution in [0.4, 0.5) is 5.69 Å². The van der Waals surface area contributed by atoms with E-state index in [9.17, 15) is 15.2 Å². The minimum atomic E-state index is -0.423. The van der Waals surface area contributed by atoms with Crippen LogP contribution in [-0.4, -0.2) is 25.0 Å². The smallest absolute Gasteiger partial charge is 0.271 e. The maximum Gasteiger partial charge on any atom is 0.271 e. The third-order valence-corrected chi connectivity index (χ3v) is 4.21. The second-order valence-electron chi connectivity index (χ2n) is 5.60. The normalized spacial score (nSPS) is 15.9. The molecule has 0 spiro atoms. The molecule has 22 heavy (non-hydrogen) atoms. The molecule has 7 nitrogen and oxygen atoms in total. The lowest BCUT2D eigenvalue weighted by atomic mass is 9.86. The standard InChI is InChI=1S/C15H18N4O3/c20-10-14-15(11-5-2-1-3-6-11)18(17-16-14)12-7-4-8-13(9-12)19(21)22/h4,7-9,11,20H,1-3,5-6,10H2. The molecule has 0 unspecified atom stereocenters. The van der Waals surface area contributed by atoms with Crippen LogP contribution in [-0.2, 0) is 6.61 Å². The third kappa shape index (κ3) is 2.71. The summed E-state index contributed by atoms with van der Waals surface area (Å²) < 4.78 is 1.65. The van der Waals surface area contributed by atoms with Crippen LogP contribution >= 0.6 is 0 Å². The van der Waals surface area contributed by atoms with E-state index in [-0.39, 0.29) is 12.3 Å². The predicted octanol–water partition coefficient (Wildman–Crippen LogP) is 2.72. The molecule has 1 saturated carbocycles. The molecule has 1 aliphatic rings. The first kappa shape index (κ1) is 14.6. The maximum atomic E-state index is 11.0. The first-order chi connectivity index (χ1) is 10.7. The molecule has 1 fully saturated rings. The highest BCUT2D eigenvalue weighted by Crippen LogP contribution is 2.35. The number of hydrogen-bond donors (Lipinski definition) is 1. The van der Waals surface area contributed by atoms with E-state index in [4.69, 9.17) is 0 Å². The second-order valence-corrected chi connectivity index (χ2v) is 5.60. The third-order valence-electron chi connectivity index (χ3n) is 4.21. The van der Waals surface area contributed by atoms with Crippen LogP contribution in [0.5, 0.6) is 0 Å². The van der Waals surface area contributed by atoms with Crippen LogP contribution in [0.1, 0.15) is 49.4 Å². The summed E-state index contributed by atoms with van der Waals surface area (Å²) in [7, 11) is 0. The van der Waals surface area contributed by atoms with Gasteiger partial charge in [-0.1, -0.05) is 30.5 Å². The summed E-state index contributed by atoms with van der Waals surface area (Å²) in [5, 5.41) is 28.7. The Labute approximate surface area is 127 Å². The molecule has 7 heteroatoms. The molecule has 0 radical (unpaired) electrons. The number of nitrogens with zero attached hydrogens (tertiary/aromatic N) is 4. The molecular weight excluding hydrogens is 284 g/mol. The van der Waals surface area contributed by atoms with Crippen LogP contribution in [0.15, 0.2) is 24.3 Å². The molecule has 0 amide bonds. The van der Waals surface area contributed by atoms with Gasteiger partial charge >= 0.3 is 0 Å². The number of aliphatic hydroxyl groups excluding tert-OH is 1. The van der Waals surface area contributed by atoms with Gasteiger partial charge in [0.2, 0.25) is 0 Å². The van der Waals surface area contributed by atoms with Crippen LogP contribution in [0.25, 0.3) is 5.69 Å². The molecule has 3 rings (SSSR count). The molecule has 1 aliphatic carbocycles. The van der Waals surface area contributed by atoms with Crippen molar-refractivity contribution in [1.82, 2.24) is 15.0 Å². The molecule has 2 aromatic rings. The molecule has 1 heterocycles. The van der Waals surface area contributed by atoms with Crippen molar-refractivity contribution < 1.29 is 10.0 Å². The zero-order valence-electron chi connectivity index (χ0n) is 12.2. The van der Waals surface area contributed by atoms with E-state index in [1.165, 1.54) is 18.6 Å². The topological polar surface area (TPSA) is 94.1 Å². The minimum absolute atomic E-state index is 0.0214. The van der Waals surface area contributed by atoms with Crippen molar-refractivity contribution in [3.05, 3.63) is 45.8 Å². The molecular formula is C15H18N4O3. The van der Waals surface area contributed by atoms with Crippen molar-refractivity contribution in [2.24, 2.45) is 0 Å². The Morgan fingerprint density at radius 1 is 1.32 bits per heavy atom. The van der Waals surface area contributed by atoms with Crippen molar-refractivity contribution >= 4 is 5.69 Å². The molecule has 1 aromatic carbocycles. The van der Waals surface area contributed by atoms with Crippen molar-refractivity contribution in [2.75, 3.05) is 0 Å². The van der Waals surface area contributed by atoms with E-state index in [0.29, 0.717) is 17.3 Å². The van der Waals surface area contributed by atoms with Gasteiger partial charge in [0.1, 0.15) is 5.69 Å². The molecule has 0 bridgehead atoms. The van der Waals surface area contributed by atoms with E-state index in [1.807, 2.05) is 0 Å². The lowest BCUT2D eigenvalue weighted by Gasteiger charge is -2.22. The highest BCUT2D eigenvalue weighted by molar-refractivity contribution is 5.44. The van der Waals surface area contributed by atoms with Gasteiger partial charge < -0.3 is 5.11 Å². The summed E-state index contributed by atoms with van der Waals surface area (Å²) >= 11 is 0. The predicted molar refractivity (Wildman–Crippen MR) is 79.8 cm³/mol. The number of hydrogen-bond acceptors (Lipinski definition) is 5. The fourth-order valence-corrected chi connectivity index (χ4v) is 3.15. The summed E-state index contributed by atoms with van der Waals surface area (Å²) in [6, 6.07) is 6.35. The molecule has 0 aliphatic heterocycles. The number of non-ortho nitro benzene ring substituents is 1. The van der Waals surface area contributed by atoms with Crippen molar-refractivity contribution in [3.8, 4) is 5.69 Å². The van der Waals surface area contributed by atoms with E-state index in [1.54, 1.807) is 16.8 Å². The van der Waals surface area contributed by atoms with E-state index in [2.05, 4.69) is 10.3 Å². The van der Waals surface area contributed by atoms with Gasteiger partial charge in [-0.25, -0.2) is 4.68 Å². The summed E-state index contributed by atoms with van der Waals surface area (Å²) in [6.45, 7) is -0.166. The van der Waals surface area contributed by atoms with Crippen LogP contribution in [0, 0.1) is 10.1 Å². The zero-order chi connectivity index (χ0) is 15.5. The van der Waals surface area contributed by atoms with E-state index >= 15 is 0 Å². The number of aromatic nitrogens is 3. The van der Waals surface area contributed by atoms with Gasteiger partial charge in [-0.3, -0.25) is 10.1 Å². The summed E-state index contributed by atoms with van der Waals surface area (Å²) in [6.07, 6.45) is 5.60. The van der Waals surface area contributed by atoms with Crippen LogP contribution in [0.3, 0.4) is 0 Å². The molecule has 1 aromatic heterocycles. The maximum absolute atomic E-state index is 11.0. The number of nitro groups is 1.